The van der Waals surface area contributed by atoms with Gasteiger partial charge in [0.1, 0.15) is 0 Å². The molecule has 0 radical (unpaired) electrons. The van der Waals surface area contributed by atoms with E-state index in [-0.39, 0.29) is 18.9 Å². The molecule has 2 aliphatic heterocycles. The molecule has 1 spiro atoms. The van der Waals surface area contributed by atoms with Crippen LogP contribution in [0.25, 0.3) is 0 Å². The molecule has 1 aromatic carbocycles. The van der Waals surface area contributed by atoms with Crippen LogP contribution < -0.4 is 4.90 Å². The van der Waals surface area contributed by atoms with Crippen LogP contribution in [0.1, 0.15) is 42.5 Å². The Balaban J connectivity index is 1.56. The number of hydrogen-bond acceptors (Lipinski definition) is 2. The van der Waals surface area contributed by atoms with E-state index in [9.17, 15) is 13.6 Å². The Morgan fingerprint density at radius 1 is 1.08 bits per heavy atom. The molecular formula is C18H21BrF2N2O. The van der Waals surface area contributed by atoms with E-state index in [0.717, 1.165) is 23.2 Å². The van der Waals surface area contributed by atoms with Crippen molar-refractivity contribution in [3.8, 4) is 0 Å². The number of halogens is 3. The molecule has 2 saturated heterocycles. The normalized spacial score (nSPS) is 28.5. The quantitative estimate of drug-likeness (QED) is 0.740. The van der Waals surface area contributed by atoms with Crippen molar-refractivity contribution in [3.63, 3.8) is 0 Å². The maximum atomic E-state index is 13.7. The second-order valence-corrected chi connectivity index (χ2v) is 8.30. The molecule has 130 valence electrons. The minimum atomic E-state index is -2.59. The van der Waals surface area contributed by atoms with Gasteiger partial charge in [0.05, 0.1) is 5.41 Å². The summed E-state index contributed by atoms with van der Waals surface area (Å²) in [5.74, 6) is -2.72. The van der Waals surface area contributed by atoms with Gasteiger partial charge in [0, 0.05) is 48.3 Å². The van der Waals surface area contributed by atoms with E-state index in [1.54, 1.807) is 11.0 Å². The van der Waals surface area contributed by atoms with Crippen LogP contribution in [-0.4, -0.2) is 42.9 Å². The molecule has 3 nitrogen and oxygen atoms in total. The highest BCUT2D eigenvalue weighted by Crippen LogP contribution is 2.64. The molecule has 0 N–H and O–H groups in total. The molecule has 4 rings (SSSR count). The summed E-state index contributed by atoms with van der Waals surface area (Å²) in [6.07, 6.45) is 3.45. The smallest absolute Gasteiger partial charge is 0.256 e. The van der Waals surface area contributed by atoms with Gasteiger partial charge in [-0.3, -0.25) is 4.79 Å². The SMILES string of the molecule is O=C(c1cc(Br)cc(N2CCCC2)c1)N1CCCC2(C1)CC2(F)F. The first kappa shape index (κ1) is 16.3. The van der Waals surface area contributed by atoms with Gasteiger partial charge in [-0.25, -0.2) is 8.78 Å². The minimum Gasteiger partial charge on any atom is -0.371 e. The van der Waals surface area contributed by atoms with E-state index >= 15 is 0 Å². The van der Waals surface area contributed by atoms with Crippen molar-refractivity contribution < 1.29 is 13.6 Å². The lowest BCUT2D eigenvalue weighted by atomic mass is 9.93. The molecule has 1 unspecified atom stereocenters. The first-order valence-electron chi connectivity index (χ1n) is 8.63. The van der Waals surface area contributed by atoms with Crippen LogP contribution in [0, 0.1) is 5.41 Å². The number of anilines is 1. The lowest BCUT2D eigenvalue weighted by Crippen LogP contribution is -2.42. The third-order valence-corrected chi connectivity index (χ3v) is 6.13. The summed E-state index contributed by atoms with van der Waals surface area (Å²) < 4.78 is 28.2. The van der Waals surface area contributed by atoms with Crippen LogP contribution in [0.3, 0.4) is 0 Å². The Hall–Kier alpha value is -1.17. The average Bonchev–Trinajstić information content (AvgIpc) is 2.95. The number of alkyl halides is 2. The van der Waals surface area contributed by atoms with E-state index in [1.807, 2.05) is 12.1 Å². The molecule has 1 saturated carbocycles. The standard InChI is InChI=1S/C18H21BrF2N2O/c19-14-8-13(9-15(10-14)22-5-1-2-6-22)16(24)23-7-3-4-17(12-23)11-18(17,20)21/h8-10H,1-7,11-12H2. The number of likely N-dealkylation sites (tertiary alicyclic amines) is 1. The summed E-state index contributed by atoms with van der Waals surface area (Å²) in [7, 11) is 0. The first-order chi connectivity index (χ1) is 11.4. The molecule has 3 aliphatic rings. The van der Waals surface area contributed by atoms with E-state index in [2.05, 4.69) is 20.8 Å². The van der Waals surface area contributed by atoms with Crippen LogP contribution >= 0.6 is 15.9 Å². The highest BCUT2D eigenvalue weighted by Gasteiger charge is 2.71. The van der Waals surface area contributed by atoms with Crippen LogP contribution in [0.5, 0.6) is 0 Å². The third-order valence-electron chi connectivity index (χ3n) is 5.68. The van der Waals surface area contributed by atoms with Crippen molar-refractivity contribution >= 4 is 27.5 Å². The lowest BCUT2D eigenvalue weighted by molar-refractivity contribution is 0.0234. The summed E-state index contributed by atoms with van der Waals surface area (Å²) >= 11 is 3.49. The number of benzene rings is 1. The maximum Gasteiger partial charge on any atom is 0.256 e. The highest BCUT2D eigenvalue weighted by atomic mass is 79.9. The van der Waals surface area contributed by atoms with Gasteiger partial charge in [-0.05, 0) is 43.9 Å². The van der Waals surface area contributed by atoms with E-state index in [4.69, 9.17) is 0 Å². The molecule has 3 fully saturated rings. The zero-order valence-corrected chi connectivity index (χ0v) is 15.1. The van der Waals surface area contributed by atoms with Crippen molar-refractivity contribution in [1.29, 1.82) is 0 Å². The second-order valence-electron chi connectivity index (χ2n) is 7.38. The van der Waals surface area contributed by atoms with Crippen LogP contribution in [0.4, 0.5) is 14.5 Å². The topological polar surface area (TPSA) is 23.6 Å². The van der Waals surface area contributed by atoms with Gasteiger partial charge >= 0.3 is 0 Å². The number of piperidine rings is 1. The Bertz CT molecular complexity index is 675. The van der Waals surface area contributed by atoms with Crippen molar-refractivity contribution in [3.05, 3.63) is 28.2 Å². The number of rotatable bonds is 2. The largest absolute Gasteiger partial charge is 0.371 e. The minimum absolute atomic E-state index is 0.0682. The van der Waals surface area contributed by atoms with Gasteiger partial charge in [0.25, 0.3) is 11.8 Å². The lowest BCUT2D eigenvalue weighted by Gasteiger charge is -2.33. The Kier molecular flexibility index (Phi) is 3.86. The van der Waals surface area contributed by atoms with Gasteiger partial charge in [-0.2, -0.15) is 0 Å². The molecule has 1 amide bonds. The number of carbonyl (C=O) groups excluding carboxylic acids is 1. The molecule has 0 bridgehead atoms. The van der Waals surface area contributed by atoms with Crippen molar-refractivity contribution in [2.45, 2.75) is 38.0 Å². The predicted octanol–water partition coefficient (Wildman–Crippen LogP) is 4.31. The fourth-order valence-corrected chi connectivity index (χ4v) is 4.65. The number of carbonyl (C=O) groups is 1. The zero-order valence-electron chi connectivity index (χ0n) is 13.5. The maximum absolute atomic E-state index is 13.7. The highest BCUT2D eigenvalue weighted by molar-refractivity contribution is 9.10. The summed E-state index contributed by atoms with van der Waals surface area (Å²) in [5, 5.41) is 0. The third kappa shape index (κ3) is 2.72. The number of nitrogens with zero attached hydrogens (tertiary/aromatic N) is 2. The Morgan fingerprint density at radius 3 is 2.46 bits per heavy atom. The summed E-state index contributed by atoms with van der Waals surface area (Å²) in [6, 6.07) is 5.73. The summed E-state index contributed by atoms with van der Waals surface area (Å²) in [6.45, 7) is 2.76. The van der Waals surface area contributed by atoms with E-state index < -0.39 is 11.3 Å². The monoisotopic (exact) mass is 398 g/mol. The first-order valence-corrected chi connectivity index (χ1v) is 9.42. The van der Waals surface area contributed by atoms with Gasteiger partial charge in [-0.1, -0.05) is 15.9 Å². The number of amides is 1. The van der Waals surface area contributed by atoms with Gasteiger partial charge < -0.3 is 9.80 Å². The molecular weight excluding hydrogens is 378 g/mol. The van der Waals surface area contributed by atoms with Gasteiger partial charge in [-0.15, -0.1) is 0 Å². The number of hydrogen-bond donors (Lipinski definition) is 0. The Morgan fingerprint density at radius 2 is 1.79 bits per heavy atom. The van der Waals surface area contributed by atoms with Gasteiger partial charge in [0.15, 0.2) is 0 Å². The summed E-state index contributed by atoms with van der Waals surface area (Å²) in [5.41, 5.74) is 0.672. The fraction of sp³-hybridized carbons (Fsp3) is 0.611. The summed E-state index contributed by atoms with van der Waals surface area (Å²) in [4.78, 5) is 16.8. The van der Waals surface area contributed by atoms with E-state index in [1.165, 1.54) is 12.8 Å². The van der Waals surface area contributed by atoms with Crippen LogP contribution in [-0.2, 0) is 0 Å². The van der Waals surface area contributed by atoms with Gasteiger partial charge in [0.2, 0.25) is 0 Å². The van der Waals surface area contributed by atoms with Crippen LogP contribution in [0.15, 0.2) is 22.7 Å². The molecule has 24 heavy (non-hydrogen) atoms. The molecule has 1 atom stereocenters. The molecule has 2 heterocycles. The molecule has 1 aliphatic carbocycles. The molecule has 6 heteroatoms. The molecule has 0 aromatic heterocycles. The fourth-order valence-electron chi connectivity index (χ4n) is 4.17. The van der Waals surface area contributed by atoms with Crippen molar-refractivity contribution in [2.75, 3.05) is 31.1 Å². The van der Waals surface area contributed by atoms with Crippen molar-refractivity contribution in [2.24, 2.45) is 5.41 Å². The predicted molar refractivity (Wildman–Crippen MR) is 92.7 cm³/mol. The van der Waals surface area contributed by atoms with E-state index in [0.29, 0.717) is 24.9 Å². The molecule has 1 aromatic rings. The second kappa shape index (κ2) is 5.68. The van der Waals surface area contributed by atoms with Crippen LogP contribution in [0.2, 0.25) is 0 Å². The Labute approximate surface area is 149 Å². The zero-order chi connectivity index (χ0) is 16.9. The average molecular weight is 399 g/mol. The van der Waals surface area contributed by atoms with Crippen molar-refractivity contribution in [1.82, 2.24) is 4.90 Å².